The topological polar surface area (TPSA) is 67.8 Å². The Morgan fingerprint density at radius 3 is 2.82 bits per heavy atom. The summed E-state index contributed by atoms with van der Waals surface area (Å²) in [7, 11) is 0. The van der Waals surface area contributed by atoms with Crippen molar-refractivity contribution in [3.8, 4) is 0 Å². The van der Waals surface area contributed by atoms with Crippen LogP contribution in [0.3, 0.4) is 0 Å². The van der Waals surface area contributed by atoms with E-state index in [2.05, 4.69) is 5.16 Å². The molecule has 0 spiro atoms. The first-order valence-corrected chi connectivity index (χ1v) is 5.70. The molecule has 0 aliphatic rings. The van der Waals surface area contributed by atoms with Gasteiger partial charge in [-0.05, 0) is 26.0 Å². The number of benzene rings is 1. The zero-order valence-electron chi connectivity index (χ0n) is 9.98. The Kier molecular flexibility index (Phi) is 4.78. The molecule has 17 heavy (non-hydrogen) atoms. The average Bonchev–Trinajstić information content (AvgIpc) is 2.23. The summed E-state index contributed by atoms with van der Waals surface area (Å²) in [6.45, 7) is 3.73. The lowest BCUT2D eigenvalue weighted by atomic mass is 10.1. The van der Waals surface area contributed by atoms with Crippen LogP contribution in [0.15, 0.2) is 29.4 Å². The first kappa shape index (κ1) is 13.8. The summed E-state index contributed by atoms with van der Waals surface area (Å²) in [6.07, 6.45) is 0.485. The zero-order valence-corrected chi connectivity index (χ0v) is 10.7. The van der Waals surface area contributed by atoms with Crippen LogP contribution >= 0.6 is 11.6 Å². The van der Waals surface area contributed by atoms with Crippen LogP contribution in [0.4, 0.5) is 0 Å². The van der Waals surface area contributed by atoms with Crippen molar-refractivity contribution in [1.29, 1.82) is 0 Å². The van der Waals surface area contributed by atoms with Crippen molar-refractivity contribution in [2.75, 3.05) is 6.61 Å². The van der Waals surface area contributed by atoms with E-state index in [1.54, 1.807) is 38.1 Å². The Morgan fingerprint density at radius 1 is 1.53 bits per heavy atom. The minimum absolute atomic E-state index is 0.267. The Labute approximate surface area is 106 Å². The summed E-state index contributed by atoms with van der Waals surface area (Å²) in [6, 6.07) is 7.05. The van der Waals surface area contributed by atoms with Gasteiger partial charge in [0.25, 0.3) is 0 Å². The summed E-state index contributed by atoms with van der Waals surface area (Å²) in [5.41, 5.74) is 5.66. The van der Waals surface area contributed by atoms with Crippen LogP contribution < -0.4 is 5.73 Å². The average molecular weight is 257 g/mol. The normalized spacial score (nSPS) is 12.6. The van der Waals surface area contributed by atoms with Gasteiger partial charge in [-0.2, -0.15) is 0 Å². The molecular formula is C12H17ClN2O2. The molecule has 0 fully saturated rings. The van der Waals surface area contributed by atoms with Crippen LogP contribution in [0.2, 0.25) is 5.02 Å². The fourth-order valence-electron chi connectivity index (χ4n) is 1.11. The first-order valence-electron chi connectivity index (χ1n) is 5.32. The third-order valence-corrected chi connectivity index (χ3v) is 2.32. The maximum absolute atomic E-state index is 9.46. The van der Waals surface area contributed by atoms with E-state index in [0.717, 1.165) is 0 Å². The molecule has 0 unspecified atom stereocenters. The molecule has 0 radical (unpaired) electrons. The molecule has 1 aromatic carbocycles. The molecule has 0 heterocycles. The lowest BCUT2D eigenvalue weighted by Gasteiger charge is -2.15. The molecule has 0 aliphatic heterocycles. The van der Waals surface area contributed by atoms with Gasteiger partial charge in [-0.3, -0.25) is 0 Å². The lowest BCUT2D eigenvalue weighted by Crippen LogP contribution is -2.21. The molecule has 1 aromatic rings. The van der Waals surface area contributed by atoms with Crippen LogP contribution in [-0.2, 0) is 4.84 Å². The molecule has 0 saturated carbocycles. The van der Waals surface area contributed by atoms with Crippen molar-refractivity contribution in [1.82, 2.24) is 0 Å². The fourth-order valence-corrected chi connectivity index (χ4v) is 1.30. The number of aliphatic hydroxyl groups is 1. The van der Waals surface area contributed by atoms with E-state index < -0.39 is 5.60 Å². The number of rotatable bonds is 5. The van der Waals surface area contributed by atoms with Crippen LogP contribution in [0.1, 0.15) is 25.8 Å². The minimum Gasteiger partial charge on any atom is -0.394 e. The second-order valence-electron chi connectivity index (χ2n) is 4.38. The highest BCUT2D eigenvalue weighted by molar-refractivity contribution is 6.31. The molecule has 5 heteroatoms. The minimum atomic E-state index is -0.764. The molecule has 0 bridgehead atoms. The molecule has 0 saturated heterocycles. The van der Waals surface area contributed by atoms with E-state index in [0.29, 0.717) is 23.6 Å². The zero-order chi connectivity index (χ0) is 12.9. The number of hydrogen-bond acceptors (Lipinski definition) is 3. The largest absolute Gasteiger partial charge is 0.394 e. The number of oxime groups is 1. The van der Waals surface area contributed by atoms with Crippen LogP contribution in [-0.4, -0.2) is 23.2 Å². The summed E-state index contributed by atoms with van der Waals surface area (Å²) >= 11 is 5.83. The number of amidine groups is 1. The van der Waals surface area contributed by atoms with Gasteiger partial charge in [0, 0.05) is 17.0 Å². The Bertz CT molecular complexity index is 400. The quantitative estimate of drug-likeness (QED) is 0.367. The summed E-state index contributed by atoms with van der Waals surface area (Å²) in [4.78, 5) is 5.03. The molecular weight excluding hydrogens is 240 g/mol. The molecule has 0 aliphatic carbocycles. The van der Waals surface area contributed by atoms with Gasteiger partial charge in [0.05, 0.1) is 5.60 Å². The van der Waals surface area contributed by atoms with E-state index in [4.69, 9.17) is 22.2 Å². The Balaban J connectivity index is 2.50. The number of nitrogens with two attached hydrogens (primary N) is 1. The molecule has 94 valence electrons. The Morgan fingerprint density at radius 2 is 2.24 bits per heavy atom. The van der Waals surface area contributed by atoms with Gasteiger partial charge in [-0.1, -0.05) is 28.9 Å². The van der Waals surface area contributed by atoms with Crippen LogP contribution in [0.5, 0.6) is 0 Å². The van der Waals surface area contributed by atoms with E-state index in [9.17, 15) is 5.11 Å². The predicted octanol–water partition coefficient (Wildman–Crippen LogP) is 2.14. The SMILES string of the molecule is CC(C)(O)CCO/N=C(/N)c1cccc(Cl)c1. The van der Waals surface area contributed by atoms with Gasteiger partial charge in [0.15, 0.2) is 5.84 Å². The van der Waals surface area contributed by atoms with E-state index in [1.165, 1.54) is 0 Å². The molecule has 0 aromatic heterocycles. The van der Waals surface area contributed by atoms with Crippen molar-refractivity contribution in [2.24, 2.45) is 10.9 Å². The monoisotopic (exact) mass is 256 g/mol. The van der Waals surface area contributed by atoms with Crippen molar-refractivity contribution in [2.45, 2.75) is 25.9 Å². The van der Waals surface area contributed by atoms with Crippen molar-refractivity contribution < 1.29 is 9.94 Å². The van der Waals surface area contributed by atoms with Crippen molar-refractivity contribution >= 4 is 17.4 Å². The standard InChI is InChI=1S/C12H17ClN2O2/c1-12(2,16)6-7-17-15-11(14)9-4-3-5-10(13)8-9/h3-5,8,16H,6-7H2,1-2H3,(H2,14,15). The van der Waals surface area contributed by atoms with Gasteiger partial charge < -0.3 is 15.7 Å². The van der Waals surface area contributed by atoms with Gasteiger partial charge in [-0.25, -0.2) is 0 Å². The molecule has 4 nitrogen and oxygen atoms in total. The third-order valence-electron chi connectivity index (χ3n) is 2.09. The third kappa shape index (κ3) is 5.56. The highest BCUT2D eigenvalue weighted by Gasteiger charge is 2.11. The second kappa shape index (κ2) is 5.89. The fraction of sp³-hybridized carbons (Fsp3) is 0.417. The van der Waals surface area contributed by atoms with Gasteiger partial charge in [0.2, 0.25) is 0 Å². The van der Waals surface area contributed by atoms with Gasteiger partial charge in [0.1, 0.15) is 6.61 Å². The highest BCUT2D eigenvalue weighted by atomic mass is 35.5. The van der Waals surface area contributed by atoms with Crippen molar-refractivity contribution in [3.63, 3.8) is 0 Å². The molecule has 3 N–H and O–H groups in total. The van der Waals surface area contributed by atoms with Gasteiger partial charge in [-0.15, -0.1) is 0 Å². The summed E-state index contributed by atoms with van der Waals surface area (Å²) in [5.74, 6) is 0.267. The highest BCUT2D eigenvalue weighted by Crippen LogP contribution is 2.11. The van der Waals surface area contributed by atoms with E-state index in [1.807, 2.05) is 0 Å². The number of hydrogen-bond donors (Lipinski definition) is 2. The van der Waals surface area contributed by atoms with E-state index >= 15 is 0 Å². The first-order chi connectivity index (χ1) is 7.88. The van der Waals surface area contributed by atoms with Gasteiger partial charge >= 0.3 is 0 Å². The maximum Gasteiger partial charge on any atom is 0.170 e. The molecule has 1 rings (SSSR count). The number of halogens is 1. The van der Waals surface area contributed by atoms with E-state index in [-0.39, 0.29) is 5.84 Å². The second-order valence-corrected chi connectivity index (χ2v) is 4.82. The lowest BCUT2D eigenvalue weighted by molar-refractivity contribution is 0.0299. The molecule has 0 amide bonds. The smallest absolute Gasteiger partial charge is 0.170 e. The molecule has 0 atom stereocenters. The van der Waals surface area contributed by atoms with Crippen LogP contribution in [0.25, 0.3) is 0 Å². The predicted molar refractivity (Wildman–Crippen MR) is 69.0 cm³/mol. The summed E-state index contributed by atoms with van der Waals surface area (Å²) in [5, 5.41) is 13.8. The van der Waals surface area contributed by atoms with Crippen LogP contribution in [0, 0.1) is 0 Å². The van der Waals surface area contributed by atoms with Crippen molar-refractivity contribution in [3.05, 3.63) is 34.9 Å². The Hall–Kier alpha value is -1.26. The summed E-state index contributed by atoms with van der Waals surface area (Å²) < 4.78 is 0. The number of nitrogens with zero attached hydrogens (tertiary/aromatic N) is 1. The maximum atomic E-state index is 9.46.